The number of imidazole rings is 1. The molecule has 0 saturated carbocycles. The summed E-state index contributed by atoms with van der Waals surface area (Å²) in [6.45, 7) is 3.64. The number of aliphatic carboxylic acids is 1. The van der Waals surface area contributed by atoms with Crippen molar-refractivity contribution in [2.45, 2.75) is 50.9 Å². The predicted octanol–water partition coefficient (Wildman–Crippen LogP) is -1.28. The van der Waals surface area contributed by atoms with E-state index in [0.29, 0.717) is 12.1 Å². The van der Waals surface area contributed by atoms with Gasteiger partial charge in [0.05, 0.1) is 12.4 Å². The Labute approximate surface area is 191 Å². The van der Waals surface area contributed by atoms with Crippen molar-refractivity contribution in [1.82, 2.24) is 25.9 Å². The van der Waals surface area contributed by atoms with E-state index in [2.05, 4.69) is 51.2 Å². The molecule has 5 unspecified atom stereocenters. The van der Waals surface area contributed by atoms with Crippen LogP contribution >= 0.6 is 25.3 Å². The summed E-state index contributed by atoms with van der Waals surface area (Å²) in [7, 11) is 0. The van der Waals surface area contributed by atoms with Gasteiger partial charge in [0.15, 0.2) is 0 Å². The normalized spacial score (nSPS) is 15.8. The van der Waals surface area contributed by atoms with Gasteiger partial charge in [-0.3, -0.25) is 14.4 Å². The second kappa shape index (κ2) is 13.2. The van der Waals surface area contributed by atoms with Gasteiger partial charge in [0.2, 0.25) is 17.7 Å². The van der Waals surface area contributed by atoms with Gasteiger partial charge in [-0.15, -0.1) is 0 Å². The van der Waals surface area contributed by atoms with Crippen molar-refractivity contribution in [1.29, 1.82) is 0 Å². The largest absolute Gasteiger partial charge is 0.480 e. The van der Waals surface area contributed by atoms with Crippen LogP contribution < -0.4 is 21.7 Å². The number of aromatic amines is 1. The predicted molar refractivity (Wildman–Crippen MR) is 121 cm³/mol. The lowest BCUT2D eigenvalue weighted by Gasteiger charge is -2.27. The molecule has 11 nitrogen and oxygen atoms in total. The topological polar surface area (TPSA) is 179 Å². The molecule has 1 rings (SSSR count). The lowest BCUT2D eigenvalue weighted by atomic mass is 9.97. The lowest BCUT2D eigenvalue weighted by Crippen LogP contribution is -2.59. The van der Waals surface area contributed by atoms with Crippen LogP contribution in [0.4, 0.5) is 0 Å². The fraction of sp³-hybridized carbons (Fsp3) is 0.611. The monoisotopic (exact) mass is 474 g/mol. The van der Waals surface area contributed by atoms with E-state index in [4.69, 9.17) is 10.8 Å². The summed E-state index contributed by atoms with van der Waals surface area (Å²) >= 11 is 7.96. The summed E-state index contributed by atoms with van der Waals surface area (Å²) in [4.78, 5) is 55.6. The molecule has 0 fully saturated rings. The molecule has 1 aromatic heterocycles. The van der Waals surface area contributed by atoms with E-state index in [1.807, 2.05) is 6.92 Å². The fourth-order valence-electron chi connectivity index (χ4n) is 2.60. The zero-order valence-electron chi connectivity index (χ0n) is 17.4. The Bertz CT molecular complexity index is 748. The summed E-state index contributed by atoms with van der Waals surface area (Å²) in [6.07, 6.45) is 3.81. The van der Waals surface area contributed by atoms with Crippen molar-refractivity contribution in [3.63, 3.8) is 0 Å². The molecule has 13 heteroatoms. The van der Waals surface area contributed by atoms with E-state index in [9.17, 15) is 19.2 Å². The number of H-pyrrole nitrogens is 1. The first-order valence-corrected chi connectivity index (χ1v) is 11.0. The van der Waals surface area contributed by atoms with Gasteiger partial charge in [-0.1, -0.05) is 20.3 Å². The standard InChI is InChI=1S/C18H30N6O5S2/c1-3-9(2)14(24-15(25)11(19)4-10-5-20-8-21-10)17(27)22-12(6-30)16(26)23-13(7-31)18(28)29/h5,8-9,11-14,30-31H,3-4,6-7,19H2,1-2H3,(H,20,21)(H,22,27)(H,23,26)(H,24,25)(H,28,29). The highest BCUT2D eigenvalue weighted by atomic mass is 32.1. The second-order valence-corrected chi connectivity index (χ2v) is 7.82. The van der Waals surface area contributed by atoms with Gasteiger partial charge in [0.25, 0.3) is 0 Å². The van der Waals surface area contributed by atoms with E-state index in [1.165, 1.54) is 6.33 Å². The van der Waals surface area contributed by atoms with Gasteiger partial charge < -0.3 is 31.8 Å². The number of amides is 3. The maximum atomic E-state index is 12.9. The summed E-state index contributed by atoms with van der Waals surface area (Å²) in [5.41, 5.74) is 6.62. The number of carboxylic acids is 1. The molecule has 174 valence electrons. The number of thiol groups is 2. The minimum atomic E-state index is -1.25. The summed E-state index contributed by atoms with van der Waals surface area (Å²) in [5, 5.41) is 16.5. The summed E-state index contributed by atoms with van der Waals surface area (Å²) < 4.78 is 0. The minimum absolute atomic E-state index is 0.0724. The third-order valence-corrected chi connectivity index (χ3v) is 5.47. The van der Waals surface area contributed by atoms with Crippen LogP contribution in [0, 0.1) is 5.92 Å². The van der Waals surface area contributed by atoms with Crippen LogP contribution in [-0.4, -0.2) is 74.4 Å². The summed E-state index contributed by atoms with van der Waals surface area (Å²) in [5.74, 6) is -3.52. The maximum Gasteiger partial charge on any atom is 0.327 e. The molecule has 1 heterocycles. The molecule has 0 spiro atoms. The molecule has 1 aromatic rings. The number of hydrogen-bond donors (Lipinski definition) is 8. The van der Waals surface area contributed by atoms with Gasteiger partial charge in [-0.2, -0.15) is 25.3 Å². The van der Waals surface area contributed by atoms with Crippen LogP contribution in [-0.2, 0) is 25.6 Å². The molecule has 0 saturated heterocycles. The molecule has 0 aliphatic carbocycles. The number of nitrogens with zero attached hydrogens (tertiary/aromatic N) is 1. The number of rotatable bonds is 13. The number of carbonyl (C=O) groups excluding carboxylic acids is 3. The average molecular weight is 475 g/mol. The number of nitrogens with one attached hydrogen (secondary N) is 4. The van der Waals surface area contributed by atoms with Gasteiger partial charge >= 0.3 is 5.97 Å². The SMILES string of the molecule is CCC(C)C(NC(=O)C(N)Cc1cnc[nH]1)C(=O)NC(CS)C(=O)NC(CS)C(=O)O. The molecule has 0 radical (unpaired) electrons. The fourth-order valence-corrected chi connectivity index (χ4v) is 3.11. The Balaban J connectivity index is 2.82. The highest BCUT2D eigenvalue weighted by Crippen LogP contribution is 2.10. The first-order valence-electron chi connectivity index (χ1n) is 9.72. The van der Waals surface area contributed by atoms with E-state index in [-0.39, 0.29) is 23.8 Å². The molecule has 0 aromatic carbocycles. The maximum absolute atomic E-state index is 12.9. The molecule has 0 bridgehead atoms. The van der Waals surface area contributed by atoms with E-state index in [0.717, 1.165) is 0 Å². The van der Waals surface area contributed by atoms with Gasteiger partial charge in [-0.05, 0) is 5.92 Å². The Hall–Kier alpha value is -2.25. The zero-order valence-corrected chi connectivity index (χ0v) is 19.2. The number of hydrogen-bond acceptors (Lipinski definition) is 8. The summed E-state index contributed by atoms with van der Waals surface area (Å²) in [6, 6.07) is -4.16. The third-order valence-electron chi connectivity index (χ3n) is 4.74. The van der Waals surface area contributed by atoms with Gasteiger partial charge in [0.1, 0.15) is 18.1 Å². The molecular weight excluding hydrogens is 444 g/mol. The Morgan fingerprint density at radius 2 is 1.71 bits per heavy atom. The van der Waals surface area contributed by atoms with E-state index in [1.54, 1.807) is 13.1 Å². The van der Waals surface area contributed by atoms with Crippen LogP contribution in [0.15, 0.2) is 12.5 Å². The second-order valence-electron chi connectivity index (χ2n) is 7.08. The van der Waals surface area contributed by atoms with E-state index < -0.39 is 47.9 Å². The quantitative estimate of drug-likeness (QED) is 0.164. The van der Waals surface area contributed by atoms with Crippen LogP contribution in [0.3, 0.4) is 0 Å². The van der Waals surface area contributed by atoms with Crippen LogP contribution in [0.2, 0.25) is 0 Å². The highest BCUT2D eigenvalue weighted by Gasteiger charge is 2.31. The first-order chi connectivity index (χ1) is 14.6. The number of nitrogens with two attached hydrogens (primary N) is 1. The lowest BCUT2D eigenvalue weighted by molar-refractivity contribution is -0.141. The molecule has 31 heavy (non-hydrogen) atoms. The van der Waals surface area contributed by atoms with Gasteiger partial charge in [-0.25, -0.2) is 9.78 Å². The number of carboxylic acid groups (broad SMARTS) is 1. The van der Waals surface area contributed by atoms with Crippen LogP contribution in [0.5, 0.6) is 0 Å². The van der Waals surface area contributed by atoms with Gasteiger partial charge in [0, 0.05) is 29.8 Å². The highest BCUT2D eigenvalue weighted by molar-refractivity contribution is 7.80. The number of aromatic nitrogens is 2. The van der Waals surface area contributed by atoms with Crippen molar-refractivity contribution < 1.29 is 24.3 Å². The Morgan fingerprint density at radius 1 is 1.10 bits per heavy atom. The van der Waals surface area contributed by atoms with Crippen LogP contribution in [0.25, 0.3) is 0 Å². The van der Waals surface area contributed by atoms with E-state index >= 15 is 0 Å². The first kappa shape index (κ1) is 26.8. The Morgan fingerprint density at radius 3 is 2.19 bits per heavy atom. The smallest absolute Gasteiger partial charge is 0.327 e. The van der Waals surface area contributed by atoms with Crippen molar-refractivity contribution in [2.24, 2.45) is 11.7 Å². The minimum Gasteiger partial charge on any atom is -0.480 e. The number of carbonyl (C=O) groups is 4. The van der Waals surface area contributed by atoms with Crippen LogP contribution in [0.1, 0.15) is 26.0 Å². The Kier molecular flexibility index (Phi) is 11.4. The van der Waals surface area contributed by atoms with Crippen molar-refractivity contribution in [3.05, 3.63) is 18.2 Å². The molecular formula is C18H30N6O5S2. The molecule has 3 amide bonds. The molecule has 0 aliphatic rings. The van der Waals surface area contributed by atoms with Crippen molar-refractivity contribution in [2.75, 3.05) is 11.5 Å². The van der Waals surface area contributed by atoms with Crippen molar-refractivity contribution in [3.8, 4) is 0 Å². The third kappa shape index (κ3) is 8.42. The molecule has 7 N–H and O–H groups in total. The average Bonchev–Trinajstić information content (AvgIpc) is 3.25. The molecule has 0 aliphatic heterocycles. The molecule has 5 atom stereocenters. The zero-order chi connectivity index (χ0) is 23.6. The van der Waals surface area contributed by atoms with Crippen molar-refractivity contribution >= 4 is 48.9 Å².